The highest BCUT2D eigenvalue weighted by Gasteiger charge is 2.16. The Balaban J connectivity index is 2.00. The second kappa shape index (κ2) is 6.42. The maximum absolute atomic E-state index is 12.4. The quantitative estimate of drug-likeness (QED) is 0.493. The molecule has 7 heteroatoms. The van der Waals surface area contributed by atoms with Crippen LogP contribution in [-0.2, 0) is 0 Å². The molecule has 0 aliphatic carbocycles. The Morgan fingerprint density at radius 3 is 2.43 bits per heavy atom. The van der Waals surface area contributed by atoms with Gasteiger partial charge in [0.1, 0.15) is 5.82 Å². The van der Waals surface area contributed by atoms with Crippen LogP contribution in [0.5, 0.6) is 0 Å². The first kappa shape index (κ1) is 15.6. The van der Waals surface area contributed by atoms with Crippen LogP contribution < -0.4 is 16.6 Å². The van der Waals surface area contributed by atoms with Gasteiger partial charge in [-0.05, 0) is 18.2 Å². The molecule has 0 atom stereocenters. The first-order chi connectivity index (χ1) is 11.1. The van der Waals surface area contributed by atoms with Gasteiger partial charge in [0.2, 0.25) is 0 Å². The van der Waals surface area contributed by atoms with Gasteiger partial charge in [0.15, 0.2) is 0 Å². The molecule has 0 saturated heterocycles. The molecule has 0 aliphatic heterocycles. The maximum Gasteiger partial charge on any atom is 0.259 e. The van der Waals surface area contributed by atoms with Gasteiger partial charge >= 0.3 is 0 Å². The van der Waals surface area contributed by atoms with Gasteiger partial charge in [0, 0.05) is 11.5 Å². The summed E-state index contributed by atoms with van der Waals surface area (Å²) in [4.78, 5) is 16.8. The zero-order valence-electron chi connectivity index (χ0n) is 11.8. The topological polar surface area (TPSA) is 80.0 Å². The fourth-order valence-electron chi connectivity index (χ4n) is 2.25. The molecule has 0 fully saturated rings. The molecule has 1 heterocycles. The monoisotopic (exact) mass is 346 g/mol. The first-order valence-electron chi connectivity index (χ1n) is 6.72. The Morgan fingerprint density at radius 2 is 1.74 bits per heavy atom. The molecule has 3 aromatic rings. The van der Waals surface area contributed by atoms with Crippen molar-refractivity contribution in [2.75, 3.05) is 10.7 Å². The maximum atomic E-state index is 12.4. The summed E-state index contributed by atoms with van der Waals surface area (Å²) in [5.74, 6) is 5.45. The molecule has 23 heavy (non-hydrogen) atoms. The standard InChI is InChI=1S/C16H12Cl2N4O/c17-10-5-3-6-11(18)15(10)16(23)21-14-8-13(22-19)9-4-1-2-7-12(9)20-14/h1-8H,19H2,(H2,20,21,22,23). The third-order valence-electron chi connectivity index (χ3n) is 3.30. The van der Waals surface area contributed by atoms with Gasteiger partial charge in [-0.3, -0.25) is 10.6 Å². The lowest BCUT2D eigenvalue weighted by Crippen LogP contribution is -2.15. The molecule has 0 bridgehead atoms. The van der Waals surface area contributed by atoms with Crippen molar-refractivity contribution < 1.29 is 4.79 Å². The normalized spacial score (nSPS) is 10.6. The van der Waals surface area contributed by atoms with E-state index in [1.807, 2.05) is 24.3 Å². The summed E-state index contributed by atoms with van der Waals surface area (Å²) >= 11 is 12.1. The van der Waals surface area contributed by atoms with E-state index < -0.39 is 5.91 Å². The zero-order valence-corrected chi connectivity index (χ0v) is 13.3. The third kappa shape index (κ3) is 3.07. The number of amides is 1. The number of hydrogen-bond donors (Lipinski definition) is 3. The lowest BCUT2D eigenvalue weighted by Gasteiger charge is -2.11. The van der Waals surface area contributed by atoms with Crippen LogP contribution in [0.4, 0.5) is 11.5 Å². The molecule has 0 saturated carbocycles. The van der Waals surface area contributed by atoms with Crippen molar-refractivity contribution in [1.29, 1.82) is 0 Å². The number of hydrogen-bond acceptors (Lipinski definition) is 4. The minimum absolute atomic E-state index is 0.202. The molecule has 116 valence electrons. The number of benzene rings is 2. The fourth-order valence-corrected chi connectivity index (χ4v) is 2.82. The minimum atomic E-state index is -0.439. The van der Waals surface area contributed by atoms with Crippen LogP contribution in [0.2, 0.25) is 10.0 Å². The number of pyridine rings is 1. The zero-order chi connectivity index (χ0) is 16.4. The first-order valence-corrected chi connectivity index (χ1v) is 7.47. The van der Waals surface area contributed by atoms with E-state index in [1.54, 1.807) is 24.3 Å². The van der Waals surface area contributed by atoms with Crippen molar-refractivity contribution in [3.05, 3.63) is 64.1 Å². The average Bonchev–Trinajstić information content (AvgIpc) is 2.54. The molecule has 5 nitrogen and oxygen atoms in total. The van der Waals surface area contributed by atoms with Crippen LogP contribution in [0.1, 0.15) is 10.4 Å². The van der Waals surface area contributed by atoms with Crippen LogP contribution in [0.3, 0.4) is 0 Å². The number of anilines is 2. The van der Waals surface area contributed by atoms with E-state index in [2.05, 4.69) is 15.7 Å². The van der Waals surface area contributed by atoms with Gasteiger partial charge in [0.05, 0.1) is 26.8 Å². The lowest BCUT2D eigenvalue weighted by atomic mass is 10.2. The molecule has 0 radical (unpaired) electrons. The smallest absolute Gasteiger partial charge is 0.259 e. The van der Waals surface area contributed by atoms with Gasteiger partial charge in [-0.1, -0.05) is 47.5 Å². The number of nitrogens with one attached hydrogen (secondary N) is 2. The van der Waals surface area contributed by atoms with Crippen LogP contribution in [0.25, 0.3) is 10.9 Å². The number of nitrogens with zero attached hydrogens (tertiary/aromatic N) is 1. The van der Waals surface area contributed by atoms with E-state index in [0.29, 0.717) is 17.0 Å². The number of para-hydroxylation sites is 1. The van der Waals surface area contributed by atoms with Gasteiger partial charge < -0.3 is 10.7 Å². The van der Waals surface area contributed by atoms with Gasteiger partial charge in [-0.25, -0.2) is 4.98 Å². The van der Waals surface area contributed by atoms with E-state index in [9.17, 15) is 4.79 Å². The minimum Gasteiger partial charge on any atom is -0.323 e. The second-order valence-electron chi connectivity index (χ2n) is 4.77. The lowest BCUT2D eigenvalue weighted by molar-refractivity contribution is 0.102. The van der Waals surface area contributed by atoms with Crippen molar-refractivity contribution in [3.8, 4) is 0 Å². The van der Waals surface area contributed by atoms with Crippen LogP contribution in [-0.4, -0.2) is 10.9 Å². The van der Waals surface area contributed by atoms with E-state index in [4.69, 9.17) is 29.0 Å². The summed E-state index contributed by atoms with van der Waals surface area (Å²) in [6.07, 6.45) is 0. The number of nitrogen functional groups attached to an aromatic ring is 1. The number of halogens is 2. The van der Waals surface area contributed by atoms with Crippen molar-refractivity contribution in [2.24, 2.45) is 5.84 Å². The van der Waals surface area contributed by atoms with Crippen molar-refractivity contribution in [1.82, 2.24) is 4.98 Å². The predicted molar refractivity (Wildman–Crippen MR) is 94.0 cm³/mol. The Morgan fingerprint density at radius 1 is 1.04 bits per heavy atom. The number of rotatable bonds is 3. The van der Waals surface area contributed by atoms with E-state index in [0.717, 1.165) is 5.39 Å². The largest absolute Gasteiger partial charge is 0.323 e. The van der Waals surface area contributed by atoms with E-state index in [-0.39, 0.29) is 15.6 Å². The van der Waals surface area contributed by atoms with Crippen LogP contribution in [0, 0.1) is 0 Å². The molecule has 3 rings (SSSR count). The second-order valence-corrected chi connectivity index (χ2v) is 5.58. The third-order valence-corrected chi connectivity index (χ3v) is 3.93. The van der Waals surface area contributed by atoms with Crippen molar-refractivity contribution in [3.63, 3.8) is 0 Å². The Hall–Kier alpha value is -2.34. The summed E-state index contributed by atoms with van der Waals surface area (Å²) < 4.78 is 0. The number of fused-ring (bicyclic) bond motifs is 1. The number of carbonyl (C=O) groups excluding carboxylic acids is 1. The summed E-state index contributed by atoms with van der Waals surface area (Å²) in [6, 6.07) is 14.0. The molecular formula is C16H12Cl2N4O. The van der Waals surface area contributed by atoms with E-state index >= 15 is 0 Å². The molecule has 1 amide bonds. The van der Waals surface area contributed by atoms with Crippen LogP contribution in [0.15, 0.2) is 48.5 Å². The Labute approximate surface area is 142 Å². The highest BCUT2D eigenvalue weighted by molar-refractivity contribution is 6.40. The molecule has 0 aliphatic rings. The predicted octanol–water partition coefficient (Wildman–Crippen LogP) is 4.08. The molecule has 0 spiro atoms. The van der Waals surface area contributed by atoms with Crippen molar-refractivity contribution in [2.45, 2.75) is 0 Å². The Bertz CT molecular complexity index is 878. The molecular weight excluding hydrogens is 335 g/mol. The van der Waals surface area contributed by atoms with E-state index in [1.165, 1.54) is 0 Å². The van der Waals surface area contributed by atoms with Gasteiger partial charge in [-0.2, -0.15) is 0 Å². The summed E-state index contributed by atoms with van der Waals surface area (Å²) in [6.45, 7) is 0. The summed E-state index contributed by atoms with van der Waals surface area (Å²) in [5.41, 5.74) is 4.15. The molecule has 2 aromatic carbocycles. The summed E-state index contributed by atoms with van der Waals surface area (Å²) in [7, 11) is 0. The van der Waals surface area contributed by atoms with Gasteiger partial charge in [0.25, 0.3) is 5.91 Å². The number of aromatic nitrogens is 1. The van der Waals surface area contributed by atoms with Crippen molar-refractivity contribution >= 4 is 51.5 Å². The number of nitrogens with two attached hydrogens (primary N) is 1. The summed E-state index contributed by atoms with van der Waals surface area (Å²) in [5, 5.41) is 4.09. The number of hydrazine groups is 1. The molecule has 0 unspecified atom stereocenters. The molecule has 1 aromatic heterocycles. The number of carbonyl (C=O) groups is 1. The highest BCUT2D eigenvalue weighted by atomic mass is 35.5. The average molecular weight is 347 g/mol. The highest BCUT2D eigenvalue weighted by Crippen LogP contribution is 2.27. The fraction of sp³-hybridized carbons (Fsp3) is 0. The molecule has 4 N–H and O–H groups in total. The van der Waals surface area contributed by atoms with Crippen LogP contribution >= 0.6 is 23.2 Å². The van der Waals surface area contributed by atoms with Gasteiger partial charge in [-0.15, -0.1) is 0 Å². The SMILES string of the molecule is NNc1cc(NC(=O)c2c(Cl)cccc2Cl)nc2ccccc12. The Kier molecular flexibility index (Phi) is 4.34.